The van der Waals surface area contributed by atoms with Crippen LogP contribution in [0.2, 0.25) is 0 Å². The number of benzene rings is 1. The summed E-state index contributed by atoms with van der Waals surface area (Å²) in [5.41, 5.74) is 5.95. The molecule has 0 radical (unpaired) electrons. The molecule has 6 nitrogen and oxygen atoms in total. The summed E-state index contributed by atoms with van der Waals surface area (Å²) in [5, 5.41) is 8.78. The van der Waals surface area contributed by atoms with Crippen LogP contribution in [-0.4, -0.2) is 40.9 Å². The molecule has 112 valence electrons. The van der Waals surface area contributed by atoms with Crippen LogP contribution in [0.1, 0.15) is 40.0 Å². The quantitative estimate of drug-likeness (QED) is 0.867. The van der Waals surface area contributed by atoms with Crippen LogP contribution >= 0.6 is 0 Å². The molecule has 0 saturated carbocycles. The smallest absolute Gasteiger partial charge is 0.303 e. The average molecular weight is 290 g/mol. The van der Waals surface area contributed by atoms with Gasteiger partial charge in [0.25, 0.3) is 5.91 Å². The first-order valence-electron chi connectivity index (χ1n) is 6.88. The number of carboxylic acids is 1. The van der Waals surface area contributed by atoms with Gasteiger partial charge in [-0.25, -0.2) is 0 Å². The fourth-order valence-electron chi connectivity index (χ4n) is 2.58. The van der Waals surface area contributed by atoms with Gasteiger partial charge in [0, 0.05) is 30.6 Å². The van der Waals surface area contributed by atoms with Crippen molar-refractivity contribution in [1.82, 2.24) is 4.90 Å². The number of piperidine rings is 1. The van der Waals surface area contributed by atoms with Gasteiger partial charge < -0.3 is 15.7 Å². The van der Waals surface area contributed by atoms with E-state index in [9.17, 15) is 14.4 Å². The van der Waals surface area contributed by atoms with Gasteiger partial charge in [0.2, 0.25) is 5.91 Å². The van der Waals surface area contributed by atoms with E-state index in [2.05, 4.69) is 0 Å². The minimum atomic E-state index is -0.797. The highest BCUT2D eigenvalue weighted by Crippen LogP contribution is 2.22. The summed E-state index contributed by atoms with van der Waals surface area (Å²) in [5.74, 6) is -1.38. The SMILES string of the molecule is NC(=O)c1cccc(C(=O)N2CCC(CC(=O)O)CC2)c1. The second-order valence-electron chi connectivity index (χ2n) is 5.28. The lowest BCUT2D eigenvalue weighted by Gasteiger charge is -2.31. The third-order valence-electron chi connectivity index (χ3n) is 3.76. The first kappa shape index (κ1) is 15.0. The summed E-state index contributed by atoms with van der Waals surface area (Å²) in [7, 11) is 0. The molecule has 6 heteroatoms. The van der Waals surface area contributed by atoms with Crippen LogP contribution in [-0.2, 0) is 4.79 Å². The largest absolute Gasteiger partial charge is 0.481 e. The Morgan fingerprint density at radius 3 is 2.38 bits per heavy atom. The van der Waals surface area contributed by atoms with Gasteiger partial charge >= 0.3 is 5.97 Å². The Labute approximate surface area is 122 Å². The number of carboxylic acid groups (broad SMARTS) is 1. The topological polar surface area (TPSA) is 101 Å². The third-order valence-corrected chi connectivity index (χ3v) is 3.76. The van der Waals surface area contributed by atoms with E-state index in [1.165, 1.54) is 6.07 Å². The molecule has 0 spiro atoms. The maximum atomic E-state index is 12.4. The van der Waals surface area contributed by atoms with Crippen molar-refractivity contribution in [2.45, 2.75) is 19.3 Å². The van der Waals surface area contributed by atoms with Crippen LogP contribution in [0.3, 0.4) is 0 Å². The number of hydrogen-bond acceptors (Lipinski definition) is 3. The molecule has 1 saturated heterocycles. The van der Waals surface area contributed by atoms with Gasteiger partial charge in [-0.05, 0) is 37.0 Å². The van der Waals surface area contributed by atoms with E-state index < -0.39 is 11.9 Å². The number of carbonyl (C=O) groups is 3. The molecule has 1 heterocycles. The predicted molar refractivity (Wildman–Crippen MR) is 75.8 cm³/mol. The van der Waals surface area contributed by atoms with Gasteiger partial charge in [-0.3, -0.25) is 14.4 Å². The fourth-order valence-corrected chi connectivity index (χ4v) is 2.58. The summed E-state index contributed by atoms with van der Waals surface area (Å²) in [6, 6.07) is 6.34. The van der Waals surface area contributed by atoms with E-state index in [1.54, 1.807) is 23.1 Å². The molecule has 1 aromatic carbocycles. The number of nitrogens with zero attached hydrogens (tertiary/aromatic N) is 1. The molecular weight excluding hydrogens is 272 g/mol. The van der Waals surface area contributed by atoms with Crippen molar-refractivity contribution in [1.29, 1.82) is 0 Å². The molecule has 0 bridgehead atoms. The van der Waals surface area contributed by atoms with Crippen molar-refractivity contribution in [3.8, 4) is 0 Å². The number of aliphatic carboxylic acids is 1. The molecule has 3 N–H and O–H groups in total. The molecular formula is C15H18N2O4. The first-order chi connectivity index (χ1) is 9.97. The summed E-state index contributed by atoms with van der Waals surface area (Å²) < 4.78 is 0. The Bertz CT molecular complexity index is 563. The van der Waals surface area contributed by atoms with Crippen molar-refractivity contribution in [2.24, 2.45) is 11.7 Å². The van der Waals surface area contributed by atoms with Crippen molar-refractivity contribution >= 4 is 17.8 Å². The Balaban J connectivity index is 2.00. The average Bonchev–Trinajstić information content (AvgIpc) is 2.47. The standard InChI is InChI=1S/C15H18N2O4/c16-14(20)11-2-1-3-12(9-11)15(21)17-6-4-10(5-7-17)8-13(18)19/h1-3,9-10H,4-8H2,(H2,16,20)(H,18,19). The number of likely N-dealkylation sites (tertiary alicyclic amines) is 1. The van der Waals surface area contributed by atoms with Gasteiger partial charge in [-0.1, -0.05) is 6.07 Å². The molecule has 0 unspecified atom stereocenters. The Morgan fingerprint density at radius 2 is 1.81 bits per heavy atom. The zero-order valence-corrected chi connectivity index (χ0v) is 11.6. The summed E-state index contributed by atoms with van der Waals surface area (Å²) in [4.78, 5) is 35.9. The minimum Gasteiger partial charge on any atom is -0.481 e. The second kappa shape index (κ2) is 6.39. The lowest BCUT2D eigenvalue weighted by atomic mass is 9.93. The molecule has 0 atom stereocenters. The second-order valence-corrected chi connectivity index (χ2v) is 5.28. The van der Waals surface area contributed by atoms with E-state index in [1.807, 2.05) is 0 Å². The molecule has 1 fully saturated rings. The van der Waals surface area contributed by atoms with Crippen LogP contribution in [0, 0.1) is 5.92 Å². The number of primary amides is 1. The van der Waals surface area contributed by atoms with E-state index in [-0.39, 0.29) is 18.2 Å². The maximum Gasteiger partial charge on any atom is 0.303 e. The van der Waals surface area contributed by atoms with Gasteiger partial charge in [0.05, 0.1) is 0 Å². The Morgan fingerprint density at radius 1 is 1.19 bits per heavy atom. The fraction of sp³-hybridized carbons (Fsp3) is 0.400. The molecule has 2 amide bonds. The molecule has 1 aliphatic heterocycles. The van der Waals surface area contributed by atoms with Crippen molar-refractivity contribution in [2.75, 3.05) is 13.1 Å². The van der Waals surface area contributed by atoms with Crippen molar-refractivity contribution in [3.63, 3.8) is 0 Å². The lowest BCUT2D eigenvalue weighted by Crippen LogP contribution is -2.39. The summed E-state index contributed by atoms with van der Waals surface area (Å²) >= 11 is 0. The van der Waals surface area contributed by atoms with E-state index in [4.69, 9.17) is 10.8 Å². The van der Waals surface area contributed by atoms with E-state index in [0.29, 0.717) is 37.1 Å². The normalized spacial score (nSPS) is 15.7. The molecule has 1 aliphatic rings. The van der Waals surface area contributed by atoms with E-state index in [0.717, 1.165) is 0 Å². The highest BCUT2D eigenvalue weighted by molar-refractivity contribution is 5.99. The van der Waals surface area contributed by atoms with Crippen LogP contribution in [0.25, 0.3) is 0 Å². The van der Waals surface area contributed by atoms with Gasteiger partial charge in [-0.15, -0.1) is 0 Å². The summed E-state index contributed by atoms with van der Waals surface area (Å²) in [6.45, 7) is 1.08. The molecule has 1 aromatic rings. The lowest BCUT2D eigenvalue weighted by molar-refractivity contribution is -0.138. The maximum absolute atomic E-state index is 12.4. The Kier molecular flexibility index (Phi) is 4.57. The Hall–Kier alpha value is -2.37. The van der Waals surface area contributed by atoms with Gasteiger partial charge in [-0.2, -0.15) is 0 Å². The van der Waals surface area contributed by atoms with Gasteiger partial charge in [0.15, 0.2) is 0 Å². The van der Waals surface area contributed by atoms with Crippen LogP contribution < -0.4 is 5.73 Å². The zero-order chi connectivity index (χ0) is 15.4. The van der Waals surface area contributed by atoms with Gasteiger partial charge in [0.1, 0.15) is 0 Å². The predicted octanol–water partition coefficient (Wildman–Crippen LogP) is 1.11. The minimum absolute atomic E-state index is 0.128. The monoisotopic (exact) mass is 290 g/mol. The zero-order valence-electron chi connectivity index (χ0n) is 11.6. The van der Waals surface area contributed by atoms with Crippen LogP contribution in [0.4, 0.5) is 0 Å². The molecule has 2 rings (SSSR count). The summed E-state index contributed by atoms with van der Waals surface area (Å²) in [6.07, 6.45) is 1.53. The number of amides is 2. The molecule has 0 aliphatic carbocycles. The van der Waals surface area contributed by atoms with Crippen molar-refractivity contribution < 1.29 is 19.5 Å². The number of nitrogens with two attached hydrogens (primary N) is 1. The van der Waals surface area contributed by atoms with E-state index >= 15 is 0 Å². The first-order valence-corrected chi connectivity index (χ1v) is 6.88. The van der Waals surface area contributed by atoms with Crippen LogP contribution in [0.15, 0.2) is 24.3 Å². The third kappa shape index (κ3) is 3.81. The molecule has 0 aromatic heterocycles. The molecule has 21 heavy (non-hydrogen) atoms. The van der Waals surface area contributed by atoms with Crippen molar-refractivity contribution in [3.05, 3.63) is 35.4 Å². The number of rotatable bonds is 4. The highest BCUT2D eigenvalue weighted by Gasteiger charge is 2.25. The number of hydrogen-bond donors (Lipinski definition) is 2. The highest BCUT2D eigenvalue weighted by atomic mass is 16.4. The van der Waals surface area contributed by atoms with Crippen LogP contribution in [0.5, 0.6) is 0 Å². The number of carbonyl (C=O) groups excluding carboxylic acids is 2.